The maximum atomic E-state index is 6.23. The number of aromatic nitrogens is 2. The van der Waals surface area contributed by atoms with E-state index in [1.54, 1.807) is 0 Å². The van der Waals surface area contributed by atoms with Crippen molar-refractivity contribution in [1.82, 2.24) is 9.55 Å². The van der Waals surface area contributed by atoms with Gasteiger partial charge in [0.25, 0.3) is 0 Å². The Labute approximate surface area is 103 Å². The van der Waals surface area contributed by atoms with Gasteiger partial charge in [-0.3, -0.25) is 0 Å². The van der Waals surface area contributed by atoms with Crippen LogP contribution in [0.3, 0.4) is 0 Å². The van der Waals surface area contributed by atoms with Crippen molar-refractivity contribution in [3.8, 4) is 0 Å². The summed E-state index contributed by atoms with van der Waals surface area (Å²) >= 11 is 0. The summed E-state index contributed by atoms with van der Waals surface area (Å²) in [6, 6.07) is 0.474. The van der Waals surface area contributed by atoms with Gasteiger partial charge in [0.2, 0.25) is 0 Å². The van der Waals surface area contributed by atoms with Crippen LogP contribution in [0.25, 0.3) is 0 Å². The summed E-state index contributed by atoms with van der Waals surface area (Å²) in [5.41, 5.74) is 7.37. The molecule has 0 aromatic carbocycles. The first-order chi connectivity index (χ1) is 8.11. The molecular weight excluding hydrogens is 214 g/mol. The maximum Gasteiger partial charge on any atom is 0.0951 e. The first kappa shape index (κ1) is 12.6. The standard InChI is InChI=1S/C13H23N3O/c1-9(2)13(14)12-6-15-8-16(12)10(3)11-4-5-17-7-11/h6,8-11,13H,4-5,7,14H2,1-3H3. The monoisotopic (exact) mass is 237 g/mol. The molecule has 1 aliphatic rings. The highest BCUT2D eigenvalue weighted by atomic mass is 16.5. The van der Waals surface area contributed by atoms with Gasteiger partial charge in [0.15, 0.2) is 0 Å². The fourth-order valence-corrected chi connectivity index (χ4v) is 2.42. The van der Waals surface area contributed by atoms with E-state index in [0.29, 0.717) is 17.9 Å². The van der Waals surface area contributed by atoms with Crippen LogP contribution in [0.15, 0.2) is 12.5 Å². The average molecular weight is 237 g/mol. The van der Waals surface area contributed by atoms with E-state index < -0.39 is 0 Å². The molecule has 3 unspecified atom stereocenters. The van der Waals surface area contributed by atoms with Gasteiger partial charge in [-0.15, -0.1) is 0 Å². The predicted molar refractivity (Wildman–Crippen MR) is 67.6 cm³/mol. The summed E-state index contributed by atoms with van der Waals surface area (Å²) in [5, 5.41) is 0. The Kier molecular flexibility index (Phi) is 3.84. The number of hydrogen-bond acceptors (Lipinski definition) is 3. The van der Waals surface area contributed by atoms with Crippen LogP contribution in [0.4, 0.5) is 0 Å². The number of ether oxygens (including phenoxy) is 1. The first-order valence-electron chi connectivity index (χ1n) is 6.46. The Balaban J connectivity index is 2.17. The van der Waals surface area contributed by atoms with Crippen LogP contribution in [0.5, 0.6) is 0 Å². The van der Waals surface area contributed by atoms with Crippen LogP contribution in [0, 0.1) is 11.8 Å². The van der Waals surface area contributed by atoms with Gasteiger partial charge in [-0.1, -0.05) is 13.8 Å². The van der Waals surface area contributed by atoms with Gasteiger partial charge in [0.05, 0.1) is 18.6 Å². The highest BCUT2D eigenvalue weighted by Crippen LogP contribution is 2.29. The molecular formula is C13H23N3O. The molecule has 3 atom stereocenters. The zero-order valence-corrected chi connectivity index (χ0v) is 11.0. The minimum atomic E-state index is 0.0577. The lowest BCUT2D eigenvalue weighted by atomic mass is 9.98. The first-order valence-corrected chi connectivity index (χ1v) is 6.46. The summed E-state index contributed by atoms with van der Waals surface area (Å²) in [6.07, 6.45) is 4.94. The quantitative estimate of drug-likeness (QED) is 0.873. The minimum absolute atomic E-state index is 0.0577. The third-order valence-corrected chi connectivity index (χ3v) is 3.84. The summed E-state index contributed by atoms with van der Waals surface area (Å²) in [7, 11) is 0. The lowest BCUT2D eigenvalue weighted by Gasteiger charge is -2.25. The topological polar surface area (TPSA) is 53.1 Å². The molecule has 2 rings (SSSR count). The van der Waals surface area contributed by atoms with Crippen molar-refractivity contribution in [3.63, 3.8) is 0 Å². The van der Waals surface area contributed by atoms with Crippen molar-refractivity contribution in [2.45, 2.75) is 39.3 Å². The van der Waals surface area contributed by atoms with Gasteiger partial charge in [0.1, 0.15) is 0 Å². The molecule has 1 aromatic rings. The molecule has 1 fully saturated rings. The molecule has 2 heterocycles. The van der Waals surface area contributed by atoms with Crippen molar-refractivity contribution >= 4 is 0 Å². The van der Waals surface area contributed by atoms with Crippen molar-refractivity contribution in [2.24, 2.45) is 17.6 Å². The Bertz CT molecular complexity index is 355. The van der Waals surface area contributed by atoms with E-state index >= 15 is 0 Å². The Hall–Kier alpha value is -0.870. The third kappa shape index (κ3) is 2.53. The molecule has 0 aliphatic carbocycles. The highest BCUT2D eigenvalue weighted by molar-refractivity contribution is 5.07. The van der Waals surface area contributed by atoms with Crippen molar-refractivity contribution in [1.29, 1.82) is 0 Å². The number of rotatable bonds is 4. The van der Waals surface area contributed by atoms with Crippen LogP contribution < -0.4 is 5.73 Å². The number of nitrogens with two attached hydrogens (primary N) is 1. The largest absolute Gasteiger partial charge is 0.381 e. The Morgan fingerprint density at radius 2 is 2.24 bits per heavy atom. The van der Waals surface area contributed by atoms with E-state index in [1.807, 2.05) is 12.5 Å². The van der Waals surface area contributed by atoms with E-state index in [1.165, 1.54) is 0 Å². The fraction of sp³-hybridized carbons (Fsp3) is 0.769. The average Bonchev–Trinajstić information content (AvgIpc) is 2.97. The molecule has 1 saturated heterocycles. The Morgan fingerprint density at radius 3 is 2.82 bits per heavy atom. The Morgan fingerprint density at radius 1 is 1.47 bits per heavy atom. The minimum Gasteiger partial charge on any atom is -0.381 e. The zero-order valence-electron chi connectivity index (χ0n) is 11.0. The van der Waals surface area contributed by atoms with Gasteiger partial charge in [-0.05, 0) is 19.3 Å². The lowest BCUT2D eigenvalue weighted by molar-refractivity contribution is 0.174. The number of imidazole rings is 1. The van der Waals surface area contributed by atoms with Crippen LogP contribution in [-0.2, 0) is 4.74 Å². The molecule has 0 saturated carbocycles. The van der Waals surface area contributed by atoms with Crippen molar-refractivity contribution in [2.75, 3.05) is 13.2 Å². The normalized spacial score (nSPS) is 24.2. The summed E-state index contributed by atoms with van der Waals surface area (Å²) in [5.74, 6) is 1.01. The second kappa shape index (κ2) is 5.19. The zero-order chi connectivity index (χ0) is 12.4. The molecule has 1 aliphatic heterocycles. The smallest absolute Gasteiger partial charge is 0.0951 e. The van der Waals surface area contributed by atoms with Crippen LogP contribution in [0.1, 0.15) is 45.0 Å². The summed E-state index contributed by atoms with van der Waals surface area (Å²) < 4.78 is 7.69. The maximum absolute atomic E-state index is 6.23. The molecule has 96 valence electrons. The van der Waals surface area contributed by atoms with E-state index in [-0.39, 0.29) is 6.04 Å². The van der Waals surface area contributed by atoms with Crippen LogP contribution in [-0.4, -0.2) is 22.8 Å². The predicted octanol–water partition coefficient (Wildman–Crippen LogP) is 2.14. The van der Waals surface area contributed by atoms with E-state index in [2.05, 4.69) is 30.3 Å². The molecule has 4 nitrogen and oxygen atoms in total. The van der Waals surface area contributed by atoms with Gasteiger partial charge in [-0.25, -0.2) is 4.98 Å². The van der Waals surface area contributed by atoms with E-state index in [4.69, 9.17) is 10.5 Å². The molecule has 17 heavy (non-hydrogen) atoms. The number of hydrogen-bond donors (Lipinski definition) is 1. The molecule has 2 N–H and O–H groups in total. The summed E-state index contributed by atoms with van der Waals surface area (Å²) in [4.78, 5) is 4.26. The van der Waals surface area contributed by atoms with Gasteiger partial charge in [-0.2, -0.15) is 0 Å². The van der Waals surface area contributed by atoms with Crippen LogP contribution in [0.2, 0.25) is 0 Å². The molecule has 0 bridgehead atoms. The van der Waals surface area contributed by atoms with E-state index in [9.17, 15) is 0 Å². The van der Waals surface area contributed by atoms with Crippen LogP contribution >= 0.6 is 0 Å². The third-order valence-electron chi connectivity index (χ3n) is 3.84. The SMILES string of the molecule is CC(C)C(N)c1cncn1C(C)C1CCOC1. The molecule has 0 spiro atoms. The van der Waals surface area contributed by atoms with Crippen molar-refractivity contribution in [3.05, 3.63) is 18.2 Å². The second-order valence-corrected chi connectivity index (χ2v) is 5.36. The van der Waals surface area contributed by atoms with E-state index in [0.717, 1.165) is 25.3 Å². The van der Waals surface area contributed by atoms with Crippen molar-refractivity contribution < 1.29 is 4.74 Å². The van der Waals surface area contributed by atoms with Gasteiger partial charge >= 0.3 is 0 Å². The fourth-order valence-electron chi connectivity index (χ4n) is 2.42. The molecule has 0 radical (unpaired) electrons. The lowest BCUT2D eigenvalue weighted by Crippen LogP contribution is -2.24. The number of nitrogens with zero attached hydrogens (tertiary/aromatic N) is 2. The second-order valence-electron chi connectivity index (χ2n) is 5.36. The summed E-state index contributed by atoms with van der Waals surface area (Å²) in [6.45, 7) is 8.26. The van der Waals surface area contributed by atoms with Gasteiger partial charge < -0.3 is 15.0 Å². The molecule has 1 aromatic heterocycles. The molecule has 0 amide bonds. The molecule has 4 heteroatoms. The highest BCUT2D eigenvalue weighted by Gasteiger charge is 2.26. The van der Waals surface area contributed by atoms with Gasteiger partial charge in [0, 0.05) is 30.8 Å².